The molecule has 0 bridgehead atoms. The van der Waals surface area contributed by atoms with Gasteiger partial charge in [0, 0.05) is 37.3 Å². The van der Waals surface area contributed by atoms with Gasteiger partial charge in [0.05, 0.1) is 17.5 Å². The van der Waals surface area contributed by atoms with E-state index in [0.29, 0.717) is 22.4 Å². The Bertz CT molecular complexity index is 1120. The summed E-state index contributed by atoms with van der Waals surface area (Å²) in [4.78, 5) is 33.5. The number of aromatic nitrogens is 1. The Balaban J connectivity index is 1.58. The Hall–Kier alpha value is -3.45. The standard InChI is InChI=1S/C24H26N4O3/c1-16-3-5-17(6-4-16)13-23(29)25-18-7-8-21-19(14-18)20(24(30)31)15-22(26-21)28-11-9-27(2)10-12-28/h3-8,14-15H,9-13H2,1-2H3,(H,25,29)(H,30,31). The maximum absolute atomic E-state index is 12.5. The van der Waals surface area contributed by atoms with Crippen LogP contribution in [-0.2, 0) is 11.2 Å². The predicted octanol–water partition coefficient (Wildman–Crippen LogP) is 3.17. The normalized spacial score (nSPS) is 14.6. The maximum Gasteiger partial charge on any atom is 0.336 e. The SMILES string of the molecule is Cc1ccc(CC(=O)Nc2ccc3nc(N4CCN(C)CC4)cc(C(=O)O)c3c2)cc1. The number of aryl methyl sites for hydroxylation is 1. The number of piperazine rings is 1. The number of nitrogens with zero attached hydrogens (tertiary/aromatic N) is 3. The number of aromatic carboxylic acids is 1. The van der Waals surface area contributed by atoms with Gasteiger partial charge in [0.15, 0.2) is 0 Å². The number of carbonyl (C=O) groups is 2. The summed E-state index contributed by atoms with van der Waals surface area (Å²) in [7, 11) is 2.07. The molecule has 4 rings (SSSR count). The molecule has 1 saturated heterocycles. The fourth-order valence-corrected chi connectivity index (χ4v) is 3.76. The second kappa shape index (κ2) is 8.73. The third kappa shape index (κ3) is 4.83. The molecule has 0 spiro atoms. The Morgan fingerprint density at radius 3 is 2.42 bits per heavy atom. The number of hydrogen-bond donors (Lipinski definition) is 2. The largest absolute Gasteiger partial charge is 0.478 e. The van der Waals surface area contributed by atoms with Gasteiger partial charge < -0.3 is 20.2 Å². The summed E-state index contributed by atoms with van der Waals surface area (Å²) in [5, 5.41) is 13.2. The van der Waals surface area contributed by atoms with E-state index in [2.05, 4.69) is 22.2 Å². The van der Waals surface area contributed by atoms with Crippen molar-refractivity contribution in [2.45, 2.75) is 13.3 Å². The van der Waals surface area contributed by atoms with Gasteiger partial charge in [-0.15, -0.1) is 0 Å². The molecular weight excluding hydrogens is 392 g/mol. The highest BCUT2D eigenvalue weighted by atomic mass is 16.4. The van der Waals surface area contributed by atoms with E-state index in [1.54, 1.807) is 24.3 Å². The van der Waals surface area contributed by atoms with Crippen LogP contribution in [0.1, 0.15) is 21.5 Å². The summed E-state index contributed by atoms with van der Waals surface area (Å²) in [6.45, 7) is 5.44. The van der Waals surface area contributed by atoms with E-state index >= 15 is 0 Å². The van der Waals surface area contributed by atoms with Crippen LogP contribution in [0.2, 0.25) is 0 Å². The molecule has 1 amide bonds. The fraction of sp³-hybridized carbons (Fsp3) is 0.292. The van der Waals surface area contributed by atoms with Crippen LogP contribution in [0.4, 0.5) is 11.5 Å². The van der Waals surface area contributed by atoms with Crippen molar-refractivity contribution in [2.75, 3.05) is 43.4 Å². The number of nitrogens with one attached hydrogen (secondary N) is 1. The van der Waals surface area contributed by atoms with Gasteiger partial charge in [-0.2, -0.15) is 0 Å². The second-order valence-corrected chi connectivity index (χ2v) is 8.07. The topological polar surface area (TPSA) is 85.8 Å². The molecular formula is C24H26N4O3. The number of carboxylic acids is 1. The van der Waals surface area contributed by atoms with Crippen LogP contribution in [0.15, 0.2) is 48.5 Å². The van der Waals surface area contributed by atoms with E-state index in [4.69, 9.17) is 4.98 Å². The first-order valence-corrected chi connectivity index (χ1v) is 10.4. The quantitative estimate of drug-likeness (QED) is 0.662. The lowest BCUT2D eigenvalue weighted by atomic mass is 10.1. The van der Waals surface area contributed by atoms with E-state index in [1.165, 1.54) is 0 Å². The number of fused-ring (bicyclic) bond motifs is 1. The van der Waals surface area contributed by atoms with Crippen LogP contribution in [0.3, 0.4) is 0 Å². The third-order valence-corrected chi connectivity index (χ3v) is 5.62. The van der Waals surface area contributed by atoms with Gasteiger partial charge in [0.2, 0.25) is 5.91 Å². The van der Waals surface area contributed by atoms with Crippen LogP contribution >= 0.6 is 0 Å². The van der Waals surface area contributed by atoms with Crippen molar-refractivity contribution in [3.63, 3.8) is 0 Å². The summed E-state index contributed by atoms with van der Waals surface area (Å²) >= 11 is 0. The molecule has 0 saturated carbocycles. The minimum atomic E-state index is -1.01. The van der Waals surface area contributed by atoms with Crippen molar-refractivity contribution < 1.29 is 14.7 Å². The highest BCUT2D eigenvalue weighted by Crippen LogP contribution is 2.26. The van der Waals surface area contributed by atoms with Crippen molar-refractivity contribution >= 4 is 34.3 Å². The van der Waals surface area contributed by atoms with Gasteiger partial charge in [-0.25, -0.2) is 9.78 Å². The molecule has 2 N–H and O–H groups in total. The average molecular weight is 418 g/mol. The zero-order valence-corrected chi connectivity index (χ0v) is 17.8. The minimum Gasteiger partial charge on any atom is -0.478 e. The number of anilines is 2. The van der Waals surface area contributed by atoms with E-state index in [1.807, 2.05) is 31.2 Å². The van der Waals surface area contributed by atoms with Crippen molar-refractivity contribution in [3.05, 3.63) is 65.2 Å². The molecule has 160 valence electrons. The van der Waals surface area contributed by atoms with Gasteiger partial charge in [-0.1, -0.05) is 29.8 Å². The van der Waals surface area contributed by atoms with E-state index in [9.17, 15) is 14.7 Å². The molecule has 2 heterocycles. The fourth-order valence-electron chi connectivity index (χ4n) is 3.76. The zero-order chi connectivity index (χ0) is 22.0. The number of amides is 1. The third-order valence-electron chi connectivity index (χ3n) is 5.62. The molecule has 3 aromatic rings. The smallest absolute Gasteiger partial charge is 0.336 e. The Morgan fingerprint density at radius 2 is 1.74 bits per heavy atom. The summed E-state index contributed by atoms with van der Waals surface area (Å²) < 4.78 is 0. The first-order valence-electron chi connectivity index (χ1n) is 10.4. The Morgan fingerprint density at radius 1 is 1.03 bits per heavy atom. The summed E-state index contributed by atoms with van der Waals surface area (Å²) in [6, 6.07) is 14.7. The van der Waals surface area contributed by atoms with Crippen molar-refractivity contribution in [3.8, 4) is 0 Å². The molecule has 0 atom stereocenters. The molecule has 0 radical (unpaired) electrons. The molecule has 1 aromatic heterocycles. The van der Waals surface area contributed by atoms with E-state index in [-0.39, 0.29) is 17.9 Å². The molecule has 31 heavy (non-hydrogen) atoms. The Kier molecular flexibility index (Phi) is 5.86. The number of rotatable bonds is 5. The maximum atomic E-state index is 12.5. The number of likely N-dealkylation sites (N-methyl/N-ethyl adjacent to an activating group) is 1. The number of carboxylic acid groups (broad SMARTS) is 1. The number of pyridine rings is 1. The molecule has 0 unspecified atom stereocenters. The van der Waals surface area contributed by atoms with Crippen molar-refractivity contribution in [2.24, 2.45) is 0 Å². The number of benzene rings is 2. The zero-order valence-electron chi connectivity index (χ0n) is 17.8. The average Bonchev–Trinajstić information content (AvgIpc) is 2.75. The molecule has 2 aromatic carbocycles. The van der Waals surface area contributed by atoms with E-state index in [0.717, 1.165) is 37.3 Å². The molecule has 0 aliphatic carbocycles. The van der Waals surface area contributed by atoms with Gasteiger partial charge in [-0.3, -0.25) is 4.79 Å². The summed E-state index contributed by atoms with van der Waals surface area (Å²) in [5.41, 5.74) is 3.41. The van der Waals surface area contributed by atoms with Crippen LogP contribution in [0, 0.1) is 6.92 Å². The molecule has 7 heteroatoms. The number of hydrogen-bond acceptors (Lipinski definition) is 5. The number of carbonyl (C=O) groups excluding carboxylic acids is 1. The lowest BCUT2D eigenvalue weighted by Crippen LogP contribution is -2.44. The van der Waals surface area contributed by atoms with Crippen LogP contribution in [0.25, 0.3) is 10.9 Å². The van der Waals surface area contributed by atoms with Gasteiger partial charge in [0.1, 0.15) is 5.82 Å². The monoisotopic (exact) mass is 418 g/mol. The molecule has 1 fully saturated rings. The first-order chi connectivity index (χ1) is 14.9. The minimum absolute atomic E-state index is 0.151. The Labute approximate surface area is 181 Å². The summed E-state index contributed by atoms with van der Waals surface area (Å²) in [6.07, 6.45) is 0.255. The summed E-state index contributed by atoms with van der Waals surface area (Å²) in [5.74, 6) is -0.484. The van der Waals surface area contributed by atoms with Crippen molar-refractivity contribution in [1.82, 2.24) is 9.88 Å². The molecule has 7 nitrogen and oxygen atoms in total. The predicted molar refractivity (Wildman–Crippen MR) is 122 cm³/mol. The van der Waals surface area contributed by atoms with Crippen LogP contribution < -0.4 is 10.2 Å². The lowest BCUT2D eigenvalue weighted by Gasteiger charge is -2.33. The second-order valence-electron chi connectivity index (χ2n) is 8.07. The van der Waals surface area contributed by atoms with Gasteiger partial charge >= 0.3 is 5.97 Å². The van der Waals surface area contributed by atoms with Gasteiger partial charge in [0.25, 0.3) is 0 Å². The van der Waals surface area contributed by atoms with Gasteiger partial charge in [-0.05, 0) is 43.8 Å². The molecule has 1 aliphatic heterocycles. The van der Waals surface area contributed by atoms with Crippen LogP contribution in [-0.4, -0.2) is 60.1 Å². The lowest BCUT2D eigenvalue weighted by molar-refractivity contribution is -0.115. The van der Waals surface area contributed by atoms with Crippen LogP contribution in [0.5, 0.6) is 0 Å². The van der Waals surface area contributed by atoms with Crippen molar-refractivity contribution in [1.29, 1.82) is 0 Å². The van der Waals surface area contributed by atoms with E-state index < -0.39 is 5.97 Å². The molecule has 1 aliphatic rings. The highest BCUT2D eigenvalue weighted by Gasteiger charge is 2.19. The highest BCUT2D eigenvalue weighted by molar-refractivity contribution is 6.05. The first kappa shape index (κ1) is 20.8.